The minimum Gasteiger partial charge on any atom is -0.353 e. The quantitative estimate of drug-likeness (QED) is 0.634. The molecule has 21 heavy (non-hydrogen) atoms. The zero-order valence-corrected chi connectivity index (χ0v) is 11.7. The third-order valence-electron chi connectivity index (χ3n) is 3.22. The van der Waals surface area contributed by atoms with E-state index in [4.69, 9.17) is 5.26 Å². The van der Waals surface area contributed by atoms with Crippen LogP contribution in [0.3, 0.4) is 0 Å². The monoisotopic (exact) mass is 313 g/mol. The van der Waals surface area contributed by atoms with Crippen molar-refractivity contribution in [3.63, 3.8) is 0 Å². The van der Waals surface area contributed by atoms with Gasteiger partial charge in [0.25, 0.3) is 5.91 Å². The van der Waals surface area contributed by atoms with Gasteiger partial charge in [0.1, 0.15) is 6.04 Å². The molecule has 0 aromatic heterocycles. The maximum atomic E-state index is 12.9. The van der Waals surface area contributed by atoms with Crippen molar-refractivity contribution in [3.05, 3.63) is 29.3 Å². The Morgan fingerprint density at radius 2 is 2.24 bits per heavy atom. The Balaban J connectivity index is 2.31. The van der Waals surface area contributed by atoms with Crippen molar-refractivity contribution < 1.29 is 18.0 Å². The summed E-state index contributed by atoms with van der Waals surface area (Å²) >= 11 is 4.69. The second kappa shape index (κ2) is 5.33. The van der Waals surface area contributed by atoms with Gasteiger partial charge in [-0.3, -0.25) is 4.79 Å². The molecule has 1 aliphatic rings. The molecule has 2 rings (SSSR count). The summed E-state index contributed by atoms with van der Waals surface area (Å²) in [6, 6.07) is 4.26. The van der Waals surface area contributed by atoms with Crippen LogP contribution in [0.15, 0.2) is 18.2 Å². The SMILES string of the molecule is CN(C(=O)C1CN1C=S)c1ccc(C#N)c(C(F)(F)F)c1. The van der Waals surface area contributed by atoms with Crippen LogP contribution in [-0.4, -0.2) is 35.9 Å². The van der Waals surface area contributed by atoms with Gasteiger partial charge in [-0.15, -0.1) is 0 Å². The van der Waals surface area contributed by atoms with Gasteiger partial charge in [0.2, 0.25) is 0 Å². The van der Waals surface area contributed by atoms with Gasteiger partial charge in [-0.1, -0.05) is 12.2 Å². The molecule has 1 aromatic rings. The number of hydrogen-bond donors (Lipinski definition) is 0. The lowest BCUT2D eigenvalue weighted by Gasteiger charge is -2.19. The highest BCUT2D eigenvalue weighted by Crippen LogP contribution is 2.34. The molecule has 0 radical (unpaired) electrons. The van der Waals surface area contributed by atoms with E-state index >= 15 is 0 Å². The molecule has 1 atom stereocenters. The van der Waals surface area contributed by atoms with E-state index in [0.29, 0.717) is 6.54 Å². The van der Waals surface area contributed by atoms with Crippen molar-refractivity contribution in [1.29, 1.82) is 5.26 Å². The number of likely N-dealkylation sites (N-methyl/N-ethyl adjacent to an activating group) is 1. The zero-order chi connectivity index (χ0) is 15.8. The highest BCUT2D eigenvalue weighted by atomic mass is 32.1. The molecule has 1 heterocycles. The number of nitriles is 1. The number of carbonyl (C=O) groups is 1. The van der Waals surface area contributed by atoms with Crippen molar-refractivity contribution in [2.45, 2.75) is 12.2 Å². The average Bonchev–Trinajstić information content (AvgIpc) is 3.23. The summed E-state index contributed by atoms with van der Waals surface area (Å²) in [6.45, 7) is 0.467. The standard InChI is InChI=1S/C13H10F3N3OS/c1-18(12(20)11-6-19(11)7-21)9-3-2-8(5-17)10(4-9)13(14,15)16/h2-4,7,11H,6H2,1H3. The maximum absolute atomic E-state index is 12.9. The minimum atomic E-state index is -4.65. The lowest BCUT2D eigenvalue weighted by atomic mass is 10.1. The third kappa shape index (κ3) is 2.97. The highest BCUT2D eigenvalue weighted by Gasteiger charge is 2.41. The summed E-state index contributed by atoms with van der Waals surface area (Å²) in [6.07, 6.45) is -4.65. The van der Waals surface area contributed by atoms with Crippen LogP contribution in [-0.2, 0) is 11.0 Å². The van der Waals surface area contributed by atoms with Crippen molar-refractivity contribution in [2.24, 2.45) is 0 Å². The van der Waals surface area contributed by atoms with Crippen LogP contribution in [0.5, 0.6) is 0 Å². The fourth-order valence-corrected chi connectivity index (χ4v) is 2.15. The maximum Gasteiger partial charge on any atom is 0.417 e. The first-order valence-electron chi connectivity index (χ1n) is 5.89. The van der Waals surface area contributed by atoms with Gasteiger partial charge in [-0.25, -0.2) is 0 Å². The zero-order valence-electron chi connectivity index (χ0n) is 10.9. The molecule has 8 heteroatoms. The van der Waals surface area contributed by atoms with Crippen molar-refractivity contribution in [2.75, 3.05) is 18.5 Å². The Bertz CT molecular complexity index is 639. The molecule has 1 aliphatic heterocycles. The minimum absolute atomic E-state index is 0.0857. The Morgan fingerprint density at radius 3 is 2.71 bits per heavy atom. The summed E-state index contributed by atoms with van der Waals surface area (Å²) in [5.41, 5.74) is -0.0951. The fraction of sp³-hybridized carbons (Fsp3) is 0.308. The molecule has 1 saturated heterocycles. The normalized spacial score (nSPS) is 17.1. The molecule has 4 nitrogen and oxygen atoms in total. The number of halogens is 3. The van der Waals surface area contributed by atoms with Crippen LogP contribution in [0.2, 0.25) is 0 Å². The number of nitrogens with zero attached hydrogens (tertiary/aromatic N) is 3. The summed E-state index contributed by atoms with van der Waals surface area (Å²) in [5.74, 6) is -0.339. The number of thiocarbonyl (C=S) groups is 1. The molecule has 110 valence electrons. The van der Waals surface area contributed by atoms with Gasteiger partial charge < -0.3 is 9.80 Å². The van der Waals surface area contributed by atoms with E-state index in [0.717, 1.165) is 17.0 Å². The first-order valence-corrected chi connectivity index (χ1v) is 6.36. The first-order chi connectivity index (χ1) is 9.79. The Hall–Kier alpha value is -2.14. The second-order valence-electron chi connectivity index (χ2n) is 4.55. The number of alkyl halides is 3. The lowest BCUT2D eigenvalue weighted by molar-refractivity contribution is -0.137. The molecular weight excluding hydrogens is 303 g/mol. The molecule has 1 amide bonds. The molecular formula is C13H10F3N3OS. The molecule has 0 aliphatic carbocycles. The number of hydrogen-bond acceptors (Lipinski definition) is 3. The van der Waals surface area contributed by atoms with E-state index in [9.17, 15) is 18.0 Å². The molecule has 0 N–H and O–H groups in total. The Kier molecular flexibility index (Phi) is 3.87. The van der Waals surface area contributed by atoms with Crippen LogP contribution in [0, 0.1) is 11.3 Å². The number of carbonyl (C=O) groups excluding carboxylic acids is 1. The van der Waals surface area contributed by atoms with Crippen molar-refractivity contribution in [3.8, 4) is 6.07 Å². The predicted molar refractivity (Wildman–Crippen MR) is 73.7 cm³/mol. The van der Waals surface area contributed by atoms with Gasteiger partial charge >= 0.3 is 6.18 Å². The highest BCUT2D eigenvalue weighted by molar-refractivity contribution is 7.78. The number of rotatable bonds is 3. The van der Waals surface area contributed by atoms with E-state index in [2.05, 4.69) is 12.2 Å². The van der Waals surface area contributed by atoms with E-state index in [1.807, 2.05) is 0 Å². The number of benzene rings is 1. The van der Waals surface area contributed by atoms with Crippen LogP contribution in [0.4, 0.5) is 18.9 Å². The van der Waals surface area contributed by atoms with E-state index in [1.54, 1.807) is 4.90 Å². The largest absolute Gasteiger partial charge is 0.417 e. The van der Waals surface area contributed by atoms with E-state index < -0.39 is 23.3 Å². The van der Waals surface area contributed by atoms with Crippen LogP contribution >= 0.6 is 12.2 Å². The Morgan fingerprint density at radius 1 is 1.57 bits per heavy atom. The van der Waals surface area contributed by atoms with Crippen molar-refractivity contribution in [1.82, 2.24) is 4.90 Å². The fourth-order valence-electron chi connectivity index (χ4n) is 1.91. The van der Waals surface area contributed by atoms with Gasteiger partial charge in [0.05, 0.1) is 22.7 Å². The van der Waals surface area contributed by atoms with Crippen LogP contribution in [0.1, 0.15) is 11.1 Å². The lowest BCUT2D eigenvalue weighted by Crippen LogP contribution is -2.32. The Labute approximate surface area is 124 Å². The topological polar surface area (TPSA) is 47.1 Å². The van der Waals surface area contributed by atoms with Crippen LogP contribution in [0.25, 0.3) is 0 Å². The molecule has 1 aromatic carbocycles. The summed E-state index contributed by atoms with van der Waals surface area (Å²) < 4.78 is 38.7. The van der Waals surface area contributed by atoms with Gasteiger partial charge in [-0.2, -0.15) is 18.4 Å². The number of anilines is 1. The van der Waals surface area contributed by atoms with Crippen molar-refractivity contribution >= 4 is 29.3 Å². The van der Waals surface area contributed by atoms with E-state index in [-0.39, 0.29) is 11.6 Å². The molecule has 1 fully saturated rings. The molecule has 0 spiro atoms. The van der Waals surface area contributed by atoms with Gasteiger partial charge in [0.15, 0.2) is 0 Å². The average molecular weight is 313 g/mol. The third-order valence-corrected chi connectivity index (χ3v) is 3.49. The summed E-state index contributed by atoms with van der Waals surface area (Å²) in [4.78, 5) is 14.8. The van der Waals surface area contributed by atoms with E-state index in [1.165, 1.54) is 24.7 Å². The smallest absolute Gasteiger partial charge is 0.353 e. The summed E-state index contributed by atoms with van der Waals surface area (Å²) in [7, 11) is 1.39. The van der Waals surface area contributed by atoms with Crippen LogP contribution < -0.4 is 4.90 Å². The molecule has 0 saturated carbocycles. The molecule has 1 unspecified atom stereocenters. The predicted octanol–water partition coefficient (Wildman–Crippen LogP) is 2.18. The molecule has 0 bridgehead atoms. The van der Waals surface area contributed by atoms with Gasteiger partial charge in [0, 0.05) is 19.3 Å². The second-order valence-corrected chi connectivity index (χ2v) is 4.77. The first kappa shape index (κ1) is 15.3. The summed E-state index contributed by atoms with van der Waals surface area (Å²) in [5, 5.41) is 8.73. The number of amides is 1. The van der Waals surface area contributed by atoms with Gasteiger partial charge in [-0.05, 0) is 18.2 Å².